The van der Waals surface area contributed by atoms with Crippen LogP contribution in [0, 0.1) is 6.92 Å². The minimum atomic E-state index is -4.61. The Morgan fingerprint density at radius 3 is 2.67 bits per heavy atom. The van der Waals surface area contributed by atoms with Crippen molar-refractivity contribution in [3.63, 3.8) is 0 Å². The van der Waals surface area contributed by atoms with Crippen LogP contribution in [0.4, 0.5) is 13.2 Å². The van der Waals surface area contributed by atoms with E-state index in [-0.39, 0.29) is 22.0 Å². The average molecular weight is 320 g/mol. The molecule has 21 heavy (non-hydrogen) atoms. The highest BCUT2D eigenvalue weighted by molar-refractivity contribution is 6.33. The number of alkyl halides is 3. The highest BCUT2D eigenvalue weighted by Gasteiger charge is 2.32. The number of aryl methyl sites for hydroxylation is 1. The van der Waals surface area contributed by atoms with Gasteiger partial charge < -0.3 is 9.26 Å². The van der Waals surface area contributed by atoms with Crippen LogP contribution in [0.2, 0.25) is 5.02 Å². The topological polar surface area (TPSA) is 52.3 Å². The Kier molecular flexibility index (Phi) is 4.22. The molecule has 0 aliphatic heterocycles. The number of carbonyl (C=O) groups is 1. The molecule has 0 aliphatic carbocycles. The Bertz CT molecular complexity index is 667. The molecule has 2 aromatic rings. The van der Waals surface area contributed by atoms with Crippen molar-refractivity contribution in [3.8, 4) is 11.3 Å². The Balaban J connectivity index is 2.35. The third kappa shape index (κ3) is 3.55. The molecule has 112 valence electrons. The smallest absolute Gasteiger partial charge is 0.422 e. The summed E-state index contributed by atoms with van der Waals surface area (Å²) in [6, 6.07) is 6.45. The fourth-order valence-corrected chi connectivity index (χ4v) is 1.89. The van der Waals surface area contributed by atoms with Gasteiger partial charge in [0, 0.05) is 5.56 Å². The second-order valence-electron chi connectivity index (χ2n) is 4.13. The van der Waals surface area contributed by atoms with Crippen LogP contribution in [-0.2, 0) is 4.74 Å². The molecule has 4 nitrogen and oxygen atoms in total. The monoisotopic (exact) mass is 319 g/mol. The molecule has 0 N–H and O–H groups in total. The number of nitrogens with zero attached hydrogens (tertiary/aromatic N) is 1. The largest absolute Gasteiger partial charge is 0.452 e. The van der Waals surface area contributed by atoms with Crippen molar-refractivity contribution in [2.45, 2.75) is 13.1 Å². The molecule has 0 amide bonds. The quantitative estimate of drug-likeness (QED) is 0.802. The van der Waals surface area contributed by atoms with Crippen LogP contribution < -0.4 is 0 Å². The maximum Gasteiger partial charge on any atom is 0.422 e. The van der Waals surface area contributed by atoms with E-state index >= 15 is 0 Å². The van der Waals surface area contributed by atoms with Crippen LogP contribution in [0.1, 0.15) is 16.1 Å². The van der Waals surface area contributed by atoms with E-state index in [4.69, 9.17) is 16.1 Å². The van der Waals surface area contributed by atoms with Gasteiger partial charge >= 0.3 is 12.1 Å². The lowest BCUT2D eigenvalue weighted by molar-refractivity contribution is -0.161. The molecule has 0 saturated carbocycles. The number of hydrogen-bond donors (Lipinski definition) is 0. The summed E-state index contributed by atoms with van der Waals surface area (Å²) in [5.74, 6) is -1.11. The van der Waals surface area contributed by atoms with Gasteiger partial charge in [0.1, 0.15) is 17.0 Å². The molecule has 0 fully saturated rings. The summed E-state index contributed by atoms with van der Waals surface area (Å²) in [6.07, 6.45) is -4.61. The van der Waals surface area contributed by atoms with Crippen LogP contribution in [0.3, 0.4) is 0 Å². The first-order chi connectivity index (χ1) is 9.79. The van der Waals surface area contributed by atoms with Gasteiger partial charge in [-0.05, 0) is 13.0 Å². The summed E-state index contributed by atoms with van der Waals surface area (Å²) in [5.41, 5.74) is 0.243. The summed E-state index contributed by atoms with van der Waals surface area (Å²) >= 11 is 5.98. The van der Waals surface area contributed by atoms with E-state index < -0.39 is 18.8 Å². The molecule has 8 heteroatoms. The number of carbonyl (C=O) groups excluding carboxylic acids is 1. The molecular formula is C13H9ClF3NO3. The molecule has 1 heterocycles. The first-order valence-corrected chi connectivity index (χ1v) is 6.12. The normalized spacial score (nSPS) is 11.5. The van der Waals surface area contributed by atoms with E-state index in [0.29, 0.717) is 5.56 Å². The number of hydrogen-bond acceptors (Lipinski definition) is 4. The van der Waals surface area contributed by atoms with Crippen molar-refractivity contribution in [1.82, 2.24) is 5.16 Å². The Labute approximate surface area is 122 Å². The standard InChI is InChI=1S/C13H9ClF3NO3/c1-7-10(12(19)20-6-13(15,16)17)11(18-21-7)8-4-2-3-5-9(8)14/h2-5H,6H2,1H3. The molecule has 1 aromatic heterocycles. The maximum absolute atomic E-state index is 12.1. The van der Waals surface area contributed by atoms with Crippen LogP contribution in [0.5, 0.6) is 0 Å². The van der Waals surface area contributed by atoms with Gasteiger partial charge in [-0.3, -0.25) is 0 Å². The molecule has 1 aromatic carbocycles. The van der Waals surface area contributed by atoms with Gasteiger partial charge in [-0.2, -0.15) is 13.2 Å². The van der Waals surface area contributed by atoms with Crippen molar-refractivity contribution >= 4 is 17.6 Å². The van der Waals surface area contributed by atoms with Gasteiger partial charge in [0.25, 0.3) is 0 Å². The van der Waals surface area contributed by atoms with E-state index in [2.05, 4.69) is 9.89 Å². The lowest BCUT2D eigenvalue weighted by Crippen LogP contribution is -2.20. The van der Waals surface area contributed by atoms with Gasteiger partial charge in [-0.25, -0.2) is 4.79 Å². The van der Waals surface area contributed by atoms with Crippen LogP contribution in [-0.4, -0.2) is 23.9 Å². The van der Waals surface area contributed by atoms with Gasteiger partial charge in [0.2, 0.25) is 0 Å². The molecule has 0 bridgehead atoms. The zero-order valence-corrected chi connectivity index (χ0v) is 11.5. The predicted octanol–water partition coefficient (Wildman–Crippen LogP) is 4.02. The van der Waals surface area contributed by atoms with E-state index in [1.165, 1.54) is 6.92 Å². The molecule has 0 unspecified atom stereocenters. The summed E-state index contributed by atoms with van der Waals surface area (Å²) in [7, 11) is 0. The molecule has 0 atom stereocenters. The Morgan fingerprint density at radius 1 is 1.38 bits per heavy atom. The number of aromatic nitrogens is 1. The van der Waals surface area contributed by atoms with E-state index in [9.17, 15) is 18.0 Å². The fourth-order valence-electron chi connectivity index (χ4n) is 1.67. The number of esters is 1. The Morgan fingerprint density at radius 2 is 2.05 bits per heavy atom. The zero-order valence-electron chi connectivity index (χ0n) is 10.7. The molecular weight excluding hydrogens is 311 g/mol. The highest BCUT2D eigenvalue weighted by Crippen LogP contribution is 2.31. The third-order valence-corrected chi connectivity index (χ3v) is 2.89. The second-order valence-corrected chi connectivity index (χ2v) is 4.54. The summed E-state index contributed by atoms with van der Waals surface area (Å²) in [4.78, 5) is 11.8. The molecule has 0 spiro atoms. The van der Waals surface area contributed by atoms with Crippen molar-refractivity contribution in [2.75, 3.05) is 6.61 Å². The van der Waals surface area contributed by atoms with Crippen molar-refractivity contribution in [3.05, 3.63) is 40.6 Å². The lowest BCUT2D eigenvalue weighted by Gasteiger charge is -2.08. The van der Waals surface area contributed by atoms with E-state index in [1.807, 2.05) is 0 Å². The SMILES string of the molecule is Cc1onc(-c2ccccc2Cl)c1C(=O)OCC(F)(F)F. The minimum absolute atomic E-state index is 0.0466. The summed E-state index contributed by atoms with van der Waals surface area (Å²) < 4.78 is 45.4. The average Bonchev–Trinajstić information content (AvgIpc) is 2.77. The van der Waals surface area contributed by atoms with Gasteiger partial charge in [0.05, 0.1) is 5.02 Å². The number of halogens is 4. The predicted molar refractivity (Wildman–Crippen MR) is 68.0 cm³/mol. The van der Waals surface area contributed by atoms with Gasteiger partial charge in [-0.1, -0.05) is 35.0 Å². The lowest BCUT2D eigenvalue weighted by atomic mass is 10.1. The summed E-state index contributed by atoms with van der Waals surface area (Å²) in [6.45, 7) is -0.282. The highest BCUT2D eigenvalue weighted by atomic mass is 35.5. The third-order valence-electron chi connectivity index (χ3n) is 2.56. The van der Waals surface area contributed by atoms with Gasteiger partial charge in [-0.15, -0.1) is 0 Å². The van der Waals surface area contributed by atoms with Gasteiger partial charge in [0.15, 0.2) is 6.61 Å². The number of benzene rings is 1. The van der Waals surface area contributed by atoms with Crippen LogP contribution >= 0.6 is 11.6 Å². The maximum atomic E-state index is 12.1. The van der Waals surface area contributed by atoms with Crippen LogP contribution in [0.25, 0.3) is 11.3 Å². The fraction of sp³-hybridized carbons (Fsp3) is 0.231. The van der Waals surface area contributed by atoms with Crippen molar-refractivity contribution in [1.29, 1.82) is 0 Å². The molecule has 0 radical (unpaired) electrons. The number of rotatable bonds is 3. The van der Waals surface area contributed by atoms with Crippen LogP contribution in [0.15, 0.2) is 28.8 Å². The minimum Gasteiger partial charge on any atom is -0.452 e. The molecule has 2 rings (SSSR count). The zero-order chi connectivity index (χ0) is 15.6. The second kappa shape index (κ2) is 5.77. The first-order valence-electron chi connectivity index (χ1n) is 5.74. The summed E-state index contributed by atoms with van der Waals surface area (Å²) in [5, 5.41) is 3.96. The van der Waals surface area contributed by atoms with E-state index in [1.54, 1.807) is 24.3 Å². The van der Waals surface area contributed by atoms with Crippen molar-refractivity contribution in [2.24, 2.45) is 0 Å². The molecule has 0 aliphatic rings. The first kappa shape index (κ1) is 15.4. The molecule has 0 saturated heterocycles. The van der Waals surface area contributed by atoms with Crippen molar-refractivity contribution < 1.29 is 27.2 Å². The number of ether oxygens (including phenoxy) is 1. The Hall–Kier alpha value is -2.02. The van der Waals surface area contributed by atoms with E-state index in [0.717, 1.165) is 0 Å².